The number of amides is 2. The number of nitrogens with zero attached hydrogens (tertiary/aromatic N) is 13. The van der Waals surface area contributed by atoms with Gasteiger partial charge in [-0.2, -0.15) is 26.7 Å². The van der Waals surface area contributed by atoms with Crippen LogP contribution in [0.3, 0.4) is 0 Å². The molecule has 0 aliphatic carbocycles. The third kappa shape index (κ3) is 15.9. The number of carboxylic acid groups (broad SMARTS) is 2. The second kappa shape index (κ2) is 27.2. The number of carbonyl (C=O) groups is 4. The minimum absolute atomic E-state index is 0.0184. The lowest BCUT2D eigenvalue weighted by Gasteiger charge is -2.38. The van der Waals surface area contributed by atoms with Crippen molar-refractivity contribution in [3.63, 3.8) is 0 Å². The fraction of sp³-hybridized carbons (Fsp3) is 0.675. The summed E-state index contributed by atoms with van der Waals surface area (Å²) in [7, 11) is 0. The molecular formula is C40H62N16O10S. The normalized spacial score (nSPS) is 16.0. The Hall–Kier alpha value is -5.76. The lowest BCUT2D eigenvalue weighted by molar-refractivity contribution is -0.140. The summed E-state index contributed by atoms with van der Waals surface area (Å²) in [6, 6.07) is -3.04. The molecule has 5 rings (SSSR count). The van der Waals surface area contributed by atoms with Crippen LogP contribution in [0.1, 0.15) is 67.7 Å². The van der Waals surface area contributed by atoms with Gasteiger partial charge in [-0.3, -0.25) is 19.2 Å². The highest BCUT2D eigenvalue weighted by Gasteiger charge is 2.34. The molecule has 3 aromatic rings. The van der Waals surface area contributed by atoms with E-state index in [2.05, 4.69) is 31.9 Å². The Labute approximate surface area is 392 Å². The highest BCUT2D eigenvalue weighted by molar-refractivity contribution is 7.98. The number of carbonyl (C=O) groups excluding carboxylic acids is 2. The van der Waals surface area contributed by atoms with E-state index >= 15 is 0 Å². The van der Waals surface area contributed by atoms with Crippen molar-refractivity contribution < 1.29 is 48.7 Å². The smallest absolute Gasteiger partial charge is 0.303 e. The Balaban J connectivity index is 1.26. The van der Waals surface area contributed by atoms with Crippen LogP contribution in [0.25, 0.3) is 0 Å². The number of rotatable bonds is 29. The van der Waals surface area contributed by atoms with Crippen molar-refractivity contribution >= 4 is 53.4 Å². The lowest BCUT2D eigenvalue weighted by atomic mass is 10.1. The van der Waals surface area contributed by atoms with Crippen molar-refractivity contribution in [2.24, 2.45) is 11.5 Å². The Morgan fingerprint density at radius 1 is 0.731 bits per heavy atom. The van der Waals surface area contributed by atoms with Crippen LogP contribution in [0.2, 0.25) is 0 Å². The average Bonchev–Trinajstić information content (AvgIpc) is 4.04. The molecule has 0 radical (unpaired) electrons. The van der Waals surface area contributed by atoms with Crippen molar-refractivity contribution in [3.05, 3.63) is 23.8 Å². The van der Waals surface area contributed by atoms with Gasteiger partial charge in [0.1, 0.15) is 24.4 Å². The SMILES string of the molecule is C#CCOCCOCCOCCNc1nc(N2CCN(C(=O)[C@H](CCC(=O)O)n3cc([C@@H](N)CO)nn3)CC2)nc(N2CCN(C(=O)[C@H](CCC(=O)O)n3cc([C@@H](N)CCSC)nn3)CC2)n1. The number of nitrogens with one attached hydrogen (secondary N) is 1. The van der Waals surface area contributed by atoms with Crippen LogP contribution in [-0.4, -0.2) is 211 Å². The fourth-order valence-electron chi connectivity index (χ4n) is 7.17. The molecule has 368 valence electrons. The average molecular weight is 959 g/mol. The van der Waals surface area contributed by atoms with Gasteiger partial charge in [-0.15, -0.1) is 16.6 Å². The van der Waals surface area contributed by atoms with Gasteiger partial charge in [0.2, 0.25) is 29.7 Å². The van der Waals surface area contributed by atoms with E-state index in [1.165, 1.54) is 15.6 Å². The molecule has 0 spiro atoms. The van der Waals surface area contributed by atoms with Crippen molar-refractivity contribution in [2.45, 2.75) is 56.3 Å². The van der Waals surface area contributed by atoms with Crippen LogP contribution in [0.5, 0.6) is 0 Å². The van der Waals surface area contributed by atoms with Crippen LogP contribution in [0.4, 0.5) is 17.8 Å². The Bertz CT molecular complexity index is 2070. The molecule has 2 fully saturated rings. The zero-order chi connectivity index (χ0) is 48.1. The van der Waals surface area contributed by atoms with Gasteiger partial charge < -0.3 is 65.9 Å². The number of hydrogen-bond acceptors (Lipinski definition) is 21. The van der Waals surface area contributed by atoms with E-state index < -0.39 is 30.1 Å². The van der Waals surface area contributed by atoms with E-state index in [0.29, 0.717) is 89.8 Å². The van der Waals surface area contributed by atoms with Gasteiger partial charge in [-0.25, -0.2) is 9.36 Å². The van der Waals surface area contributed by atoms with Gasteiger partial charge in [-0.05, 0) is 31.3 Å². The van der Waals surface area contributed by atoms with E-state index in [1.54, 1.807) is 27.8 Å². The summed E-state index contributed by atoms with van der Waals surface area (Å²) in [5.74, 6) is 1.49. The van der Waals surface area contributed by atoms with E-state index in [4.69, 9.17) is 47.1 Å². The molecule has 26 nitrogen and oxygen atoms in total. The number of anilines is 3. The molecular weight excluding hydrogens is 897 g/mol. The number of aliphatic hydroxyl groups is 1. The second-order valence-electron chi connectivity index (χ2n) is 15.6. The Kier molecular flexibility index (Phi) is 21.2. The summed E-state index contributed by atoms with van der Waals surface area (Å²) < 4.78 is 19.1. The Morgan fingerprint density at radius 2 is 1.21 bits per heavy atom. The summed E-state index contributed by atoms with van der Waals surface area (Å²) in [4.78, 5) is 72.6. The first-order valence-corrected chi connectivity index (χ1v) is 23.4. The molecule has 8 N–H and O–H groups in total. The van der Waals surface area contributed by atoms with Crippen LogP contribution in [-0.2, 0) is 33.4 Å². The van der Waals surface area contributed by atoms with Crippen LogP contribution in [0.15, 0.2) is 12.4 Å². The van der Waals surface area contributed by atoms with Gasteiger partial charge in [0.25, 0.3) is 0 Å². The standard InChI is InChI=1S/C40H62N16O10S/c1-3-18-64-20-22-66-23-21-65-19-9-43-38-44-39(53-14-10-51(11-15-53)36(62)32(4-6-34(58)59)55-25-30(47-49-55)28(41)8-24-67-2)46-40(45-38)54-16-12-52(13-17-54)37(63)33(5-7-35(60)61)56-26-31(48-50-56)29(42)27-57/h1,25-26,28-29,32-33,57H,4-24,27,41-42H2,2H3,(H,58,59)(H,60,61)(H,43,44,45,46)/t28-,29-,32-,33-/m0/s1. The molecule has 2 aliphatic rings. The summed E-state index contributed by atoms with van der Waals surface area (Å²) in [6.45, 7) is 4.48. The minimum atomic E-state index is -1.07. The second-order valence-corrected chi connectivity index (χ2v) is 16.6. The number of aromatic nitrogens is 9. The van der Waals surface area contributed by atoms with E-state index in [1.807, 2.05) is 16.1 Å². The summed E-state index contributed by atoms with van der Waals surface area (Å²) in [5, 5.41) is 48.0. The highest BCUT2D eigenvalue weighted by Crippen LogP contribution is 2.25. The van der Waals surface area contributed by atoms with Gasteiger partial charge >= 0.3 is 11.9 Å². The summed E-state index contributed by atoms with van der Waals surface area (Å²) in [5.41, 5.74) is 13.0. The van der Waals surface area contributed by atoms with Crippen molar-refractivity contribution in [1.29, 1.82) is 0 Å². The zero-order valence-electron chi connectivity index (χ0n) is 37.7. The number of carboxylic acids is 2. The number of piperazine rings is 2. The van der Waals surface area contributed by atoms with Crippen LogP contribution in [0, 0.1) is 12.3 Å². The number of nitrogens with two attached hydrogens (primary N) is 2. The minimum Gasteiger partial charge on any atom is -0.481 e. The number of aliphatic carboxylic acids is 2. The Morgan fingerprint density at radius 3 is 1.67 bits per heavy atom. The maximum Gasteiger partial charge on any atom is 0.303 e. The number of aliphatic hydroxyl groups excluding tert-OH is 1. The number of hydrogen-bond donors (Lipinski definition) is 6. The first-order valence-electron chi connectivity index (χ1n) is 22.0. The number of thioether (sulfide) groups is 1. The van der Waals surface area contributed by atoms with Crippen molar-refractivity contribution in [3.8, 4) is 12.3 Å². The van der Waals surface area contributed by atoms with Crippen LogP contribution < -0.4 is 26.6 Å². The highest BCUT2D eigenvalue weighted by atomic mass is 32.2. The molecule has 2 saturated heterocycles. The largest absolute Gasteiger partial charge is 0.481 e. The molecule has 27 heteroatoms. The van der Waals surface area contributed by atoms with Gasteiger partial charge in [0.05, 0.1) is 69.8 Å². The first kappa shape index (κ1) is 52.2. The molecule has 0 aromatic carbocycles. The topological polar surface area (TPSA) is 334 Å². The third-order valence-corrected chi connectivity index (χ3v) is 11.6. The lowest BCUT2D eigenvalue weighted by Crippen LogP contribution is -2.52. The quantitative estimate of drug-likeness (QED) is 0.0337. The van der Waals surface area contributed by atoms with E-state index in [-0.39, 0.29) is 94.6 Å². The molecule has 5 heterocycles. The maximum absolute atomic E-state index is 14.0. The molecule has 3 aromatic heterocycles. The molecule has 0 unspecified atom stereocenters. The molecule has 0 bridgehead atoms. The predicted octanol–water partition coefficient (Wildman–Crippen LogP) is -1.60. The molecule has 2 aliphatic heterocycles. The number of ether oxygens (including phenoxy) is 3. The zero-order valence-corrected chi connectivity index (χ0v) is 38.5. The molecule has 67 heavy (non-hydrogen) atoms. The summed E-state index contributed by atoms with van der Waals surface area (Å²) in [6.07, 6.45) is 10.4. The first-order chi connectivity index (χ1) is 32.4. The van der Waals surface area contributed by atoms with Gasteiger partial charge in [-0.1, -0.05) is 16.3 Å². The van der Waals surface area contributed by atoms with Gasteiger partial charge in [0.15, 0.2) is 0 Å². The molecule has 4 atom stereocenters. The number of terminal acetylenes is 1. The predicted molar refractivity (Wildman–Crippen MR) is 243 cm³/mol. The van der Waals surface area contributed by atoms with E-state index in [9.17, 15) is 34.5 Å². The van der Waals surface area contributed by atoms with Crippen molar-refractivity contribution in [2.75, 3.05) is 132 Å². The molecule has 2 amide bonds. The monoisotopic (exact) mass is 958 g/mol. The van der Waals surface area contributed by atoms with Crippen LogP contribution >= 0.6 is 11.8 Å². The van der Waals surface area contributed by atoms with Gasteiger partial charge in [0, 0.05) is 71.7 Å². The third-order valence-electron chi connectivity index (χ3n) is 10.9. The fourth-order valence-corrected chi connectivity index (χ4v) is 7.66. The molecule has 0 saturated carbocycles. The van der Waals surface area contributed by atoms with Crippen molar-refractivity contribution in [1.82, 2.24) is 54.7 Å². The maximum atomic E-state index is 14.0. The summed E-state index contributed by atoms with van der Waals surface area (Å²) >= 11 is 1.66. The van der Waals surface area contributed by atoms with E-state index in [0.717, 1.165) is 5.75 Å².